The van der Waals surface area contributed by atoms with E-state index in [0.29, 0.717) is 27.6 Å². The number of nitrogens with two attached hydrogens (primary N) is 1. The van der Waals surface area contributed by atoms with Gasteiger partial charge in [0.25, 0.3) is 0 Å². The zero-order valence-corrected chi connectivity index (χ0v) is 14.4. The summed E-state index contributed by atoms with van der Waals surface area (Å²) >= 11 is 12.7. The van der Waals surface area contributed by atoms with Gasteiger partial charge in [-0.15, -0.1) is 0 Å². The van der Waals surface area contributed by atoms with Crippen LogP contribution in [0.15, 0.2) is 12.1 Å². The molecular weight excluding hydrogens is 291 g/mol. The van der Waals surface area contributed by atoms with Crippen LogP contribution < -0.4 is 10.6 Å². The second-order valence-corrected chi connectivity index (χ2v) is 7.00. The first-order valence-corrected chi connectivity index (χ1v) is 8.06. The number of halogens is 2. The summed E-state index contributed by atoms with van der Waals surface area (Å²) in [6.45, 7) is 10.8. The Labute approximate surface area is 133 Å². The van der Waals surface area contributed by atoms with Gasteiger partial charge in [-0.25, -0.2) is 0 Å². The fraction of sp³-hybridized carbons (Fsp3) is 0.625. The third-order valence-electron chi connectivity index (χ3n) is 3.31. The molecule has 0 fully saturated rings. The molecule has 0 radical (unpaired) electrons. The van der Waals surface area contributed by atoms with Crippen LogP contribution in [0.5, 0.6) is 0 Å². The topological polar surface area (TPSA) is 29.3 Å². The molecule has 4 heteroatoms. The number of nitrogens with zero attached hydrogens (tertiary/aromatic N) is 1. The minimum absolute atomic E-state index is 0.608. The van der Waals surface area contributed by atoms with Crippen molar-refractivity contribution in [1.29, 1.82) is 0 Å². The van der Waals surface area contributed by atoms with Crippen LogP contribution in [-0.4, -0.2) is 13.1 Å². The summed E-state index contributed by atoms with van der Waals surface area (Å²) in [6.07, 6.45) is 2.24. The van der Waals surface area contributed by atoms with E-state index in [4.69, 9.17) is 28.9 Å². The van der Waals surface area contributed by atoms with Crippen LogP contribution >= 0.6 is 23.2 Å². The molecule has 0 spiro atoms. The summed E-state index contributed by atoms with van der Waals surface area (Å²) in [5.41, 5.74) is 7.31. The third kappa shape index (κ3) is 5.41. The minimum Gasteiger partial charge on any atom is -0.399 e. The molecule has 1 aromatic rings. The zero-order chi connectivity index (χ0) is 15.3. The molecule has 0 aliphatic heterocycles. The Balaban J connectivity index is 2.96. The highest BCUT2D eigenvalue weighted by atomic mass is 35.5. The fourth-order valence-corrected chi connectivity index (χ4v) is 2.79. The van der Waals surface area contributed by atoms with E-state index in [1.54, 1.807) is 12.1 Å². The standard InChI is InChI=1S/C16H26Cl2N2/c1-11(2)5-7-20(8-6-12(3)4)16-14(17)9-13(19)10-15(16)18/h9-12H,5-8,19H2,1-4H3. The monoisotopic (exact) mass is 316 g/mol. The molecule has 0 unspecified atom stereocenters. The molecule has 1 rings (SSSR count). The Morgan fingerprint density at radius 2 is 1.35 bits per heavy atom. The molecule has 0 aliphatic carbocycles. The van der Waals surface area contributed by atoms with Gasteiger partial charge in [0.15, 0.2) is 0 Å². The Kier molecular flexibility index (Phi) is 6.97. The predicted octanol–water partition coefficient (Wildman–Crippen LogP) is 5.47. The Morgan fingerprint density at radius 3 is 1.70 bits per heavy atom. The number of nitrogen functional groups attached to an aromatic ring is 1. The van der Waals surface area contributed by atoms with E-state index in [9.17, 15) is 0 Å². The van der Waals surface area contributed by atoms with Gasteiger partial charge in [-0.1, -0.05) is 50.9 Å². The van der Waals surface area contributed by atoms with E-state index in [1.165, 1.54) is 0 Å². The summed E-state index contributed by atoms with van der Waals surface area (Å²) in [5.74, 6) is 1.31. The zero-order valence-electron chi connectivity index (χ0n) is 12.9. The Bertz CT molecular complexity index is 395. The first kappa shape index (κ1) is 17.5. The van der Waals surface area contributed by atoms with E-state index in [0.717, 1.165) is 31.6 Å². The van der Waals surface area contributed by atoms with Crippen molar-refractivity contribution in [2.45, 2.75) is 40.5 Å². The molecule has 0 aromatic heterocycles. The van der Waals surface area contributed by atoms with Crippen molar-refractivity contribution in [3.63, 3.8) is 0 Å². The average molecular weight is 317 g/mol. The van der Waals surface area contributed by atoms with Crippen LogP contribution in [-0.2, 0) is 0 Å². The van der Waals surface area contributed by atoms with Crippen LogP contribution in [0.2, 0.25) is 10.0 Å². The van der Waals surface area contributed by atoms with Gasteiger partial charge in [0, 0.05) is 18.8 Å². The number of hydrogen-bond acceptors (Lipinski definition) is 2. The minimum atomic E-state index is 0.608. The van der Waals surface area contributed by atoms with E-state index in [2.05, 4.69) is 32.6 Å². The van der Waals surface area contributed by atoms with Crippen LogP contribution in [0, 0.1) is 11.8 Å². The highest BCUT2D eigenvalue weighted by molar-refractivity contribution is 6.39. The van der Waals surface area contributed by atoms with Gasteiger partial charge in [-0.3, -0.25) is 0 Å². The summed E-state index contributed by atoms with van der Waals surface area (Å²) in [6, 6.07) is 3.56. The summed E-state index contributed by atoms with van der Waals surface area (Å²) < 4.78 is 0. The highest BCUT2D eigenvalue weighted by Crippen LogP contribution is 2.36. The summed E-state index contributed by atoms with van der Waals surface area (Å²) in [7, 11) is 0. The number of hydrogen-bond donors (Lipinski definition) is 1. The lowest BCUT2D eigenvalue weighted by Gasteiger charge is -2.28. The van der Waals surface area contributed by atoms with Crippen molar-refractivity contribution in [2.24, 2.45) is 11.8 Å². The van der Waals surface area contributed by atoms with Gasteiger partial charge in [0.05, 0.1) is 15.7 Å². The lowest BCUT2D eigenvalue weighted by molar-refractivity contribution is 0.535. The quantitative estimate of drug-likeness (QED) is 0.675. The summed E-state index contributed by atoms with van der Waals surface area (Å²) in [4.78, 5) is 2.30. The number of rotatable bonds is 7. The van der Waals surface area contributed by atoms with Crippen LogP contribution in [0.3, 0.4) is 0 Å². The molecule has 0 bridgehead atoms. The Morgan fingerprint density at radius 1 is 0.950 bits per heavy atom. The molecule has 20 heavy (non-hydrogen) atoms. The van der Waals surface area contributed by atoms with Crippen molar-refractivity contribution in [1.82, 2.24) is 0 Å². The van der Waals surface area contributed by atoms with Gasteiger partial charge in [-0.2, -0.15) is 0 Å². The van der Waals surface area contributed by atoms with E-state index < -0.39 is 0 Å². The number of benzene rings is 1. The molecule has 0 saturated carbocycles. The average Bonchev–Trinajstić information content (AvgIpc) is 2.29. The van der Waals surface area contributed by atoms with Gasteiger partial charge < -0.3 is 10.6 Å². The van der Waals surface area contributed by atoms with Crippen LogP contribution in [0.25, 0.3) is 0 Å². The van der Waals surface area contributed by atoms with Crippen molar-refractivity contribution in [3.05, 3.63) is 22.2 Å². The molecule has 2 nitrogen and oxygen atoms in total. The van der Waals surface area contributed by atoms with Crippen molar-refractivity contribution in [3.8, 4) is 0 Å². The highest BCUT2D eigenvalue weighted by Gasteiger charge is 2.16. The van der Waals surface area contributed by atoms with Crippen molar-refractivity contribution in [2.75, 3.05) is 23.7 Å². The molecule has 0 saturated heterocycles. The first-order valence-electron chi connectivity index (χ1n) is 7.30. The summed E-state index contributed by atoms with van der Waals surface area (Å²) in [5, 5.41) is 1.28. The third-order valence-corrected chi connectivity index (χ3v) is 3.88. The van der Waals surface area contributed by atoms with E-state index in [-0.39, 0.29) is 0 Å². The van der Waals surface area contributed by atoms with Crippen molar-refractivity contribution >= 4 is 34.6 Å². The molecule has 2 N–H and O–H groups in total. The van der Waals surface area contributed by atoms with Gasteiger partial charge in [0.1, 0.15) is 0 Å². The first-order chi connectivity index (χ1) is 9.31. The lowest BCUT2D eigenvalue weighted by Crippen LogP contribution is -2.28. The smallest absolute Gasteiger partial charge is 0.0746 e. The molecule has 114 valence electrons. The predicted molar refractivity (Wildman–Crippen MR) is 92.0 cm³/mol. The van der Waals surface area contributed by atoms with Gasteiger partial charge >= 0.3 is 0 Å². The Hall–Kier alpha value is -0.600. The number of anilines is 2. The molecule has 0 aliphatic rings. The van der Waals surface area contributed by atoms with Crippen LogP contribution in [0.1, 0.15) is 40.5 Å². The molecule has 1 aromatic carbocycles. The second-order valence-electron chi connectivity index (χ2n) is 6.19. The normalized spacial score (nSPS) is 11.4. The van der Waals surface area contributed by atoms with Gasteiger partial charge in [-0.05, 0) is 36.8 Å². The molecular formula is C16H26Cl2N2. The molecule has 0 atom stereocenters. The lowest BCUT2D eigenvalue weighted by atomic mass is 10.1. The van der Waals surface area contributed by atoms with Crippen molar-refractivity contribution < 1.29 is 0 Å². The second kappa shape index (κ2) is 7.99. The molecule has 0 amide bonds. The largest absolute Gasteiger partial charge is 0.399 e. The SMILES string of the molecule is CC(C)CCN(CCC(C)C)c1c(Cl)cc(N)cc1Cl. The van der Waals surface area contributed by atoms with E-state index >= 15 is 0 Å². The van der Waals surface area contributed by atoms with Crippen LogP contribution in [0.4, 0.5) is 11.4 Å². The fourth-order valence-electron chi connectivity index (χ4n) is 2.05. The maximum atomic E-state index is 6.35. The van der Waals surface area contributed by atoms with Gasteiger partial charge in [0.2, 0.25) is 0 Å². The van der Waals surface area contributed by atoms with E-state index in [1.807, 2.05) is 0 Å². The maximum absolute atomic E-state index is 6.35. The molecule has 0 heterocycles. The maximum Gasteiger partial charge on any atom is 0.0746 e.